The highest BCUT2D eigenvalue weighted by atomic mass is 16.5. The number of amides is 1. The third-order valence-electron chi connectivity index (χ3n) is 4.36. The predicted octanol–water partition coefficient (Wildman–Crippen LogP) is 4.14. The van der Waals surface area contributed by atoms with Crippen LogP contribution in [-0.2, 0) is 4.74 Å². The molecule has 1 amide bonds. The fourth-order valence-electron chi connectivity index (χ4n) is 2.95. The summed E-state index contributed by atoms with van der Waals surface area (Å²) < 4.78 is 10.3. The quantitative estimate of drug-likeness (QED) is 0.332. The number of benzene rings is 3. The van der Waals surface area contributed by atoms with Crippen LogP contribution in [0.3, 0.4) is 0 Å². The molecule has 1 N–H and O–H groups in total. The van der Waals surface area contributed by atoms with Gasteiger partial charge in [0.1, 0.15) is 5.58 Å². The molecule has 0 bridgehead atoms. The van der Waals surface area contributed by atoms with Crippen LogP contribution >= 0.6 is 0 Å². The van der Waals surface area contributed by atoms with E-state index in [1.807, 2.05) is 36.4 Å². The monoisotopic (exact) mass is 372 g/mol. The zero-order valence-electron chi connectivity index (χ0n) is 15.0. The van der Waals surface area contributed by atoms with E-state index in [1.165, 1.54) is 13.3 Å². The molecular weight excluding hydrogens is 356 g/mol. The van der Waals surface area contributed by atoms with Gasteiger partial charge >= 0.3 is 11.9 Å². The maximum absolute atomic E-state index is 12.3. The third kappa shape index (κ3) is 3.35. The molecule has 0 aliphatic carbocycles. The second kappa shape index (κ2) is 7.36. The minimum atomic E-state index is -0.442. The molecule has 4 aromatic rings. The number of methoxy groups -OCH3 is 1. The fourth-order valence-corrected chi connectivity index (χ4v) is 2.95. The summed E-state index contributed by atoms with van der Waals surface area (Å²) in [6.45, 7) is 0. The van der Waals surface area contributed by atoms with E-state index in [9.17, 15) is 9.59 Å². The van der Waals surface area contributed by atoms with Crippen LogP contribution in [-0.4, -0.2) is 25.2 Å². The van der Waals surface area contributed by atoms with Crippen molar-refractivity contribution in [1.82, 2.24) is 5.43 Å². The molecule has 1 aromatic heterocycles. The predicted molar refractivity (Wildman–Crippen MR) is 107 cm³/mol. The molecule has 0 radical (unpaired) electrons. The summed E-state index contributed by atoms with van der Waals surface area (Å²) in [6.07, 6.45) is 1.48. The molecule has 0 saturated heterocycles. The van der Waals surface area contributed by atoms with Crippen LogP contribution in [0.2, 0.25) is 0 Å². The highest BCUT2D eigenvalue weighted by Gasteiger charge is 2.13. The molecule has 0 saturated carbocycles. The molecule has 6 heteroatoms. The molecule has 28 heavy (non-hydrogen) atoms. The molecule has 4 rings (SSSR count). The molecule has 1 heterocycles. The lowest BCUT2D eigenvalue weighted by Gasteiger charge is -1.99. The van der Waals surface area contributed by atoms with Crippen LogP contribution in [0.15, 0.2) is 76.2 Å². The van der Waals surface area contributed by atoms with Crippen LogP contribution in [0.1, 0.15) is 26.5 Å². The Hall–Kier alpha value is -3.93. The first-order chi connectivity index (χ1) is 13.7. The summed E-state index contributed by atoms with van der Waals surface area (Å²) in [5.41, 5.74) is 4.26. The maximum Gasteiger partial charge on any atom is 0.337 e. The number of furan rings is 1. The third-order valence-corrected chi connectivity index (χ3v) is 4.36. The molecule has 138 valence electrons. The number of hydrogen-bond donors (Lipinski definition) is 1. The largest absolute Gasteiger partial charge is 0.465 e. The smallest absolute Gasteiger partial charge is 0.337 e. The van der Waals surface area contributed by atoms with Crippen LogP contribution in [0.25, 0.3) is 21.7 Å². The van der Waals surface area contributed by atoms with Crippen molar-refractivity contribution in [3.63, 3.8) is 0 Å². The number of carbonyl (C=O) groups is 2. The number of carbonyl (C=O) groups excluding carboxylic acids is 2. The topological polar surface area (TPSA) is 80.9 Å². The Morgan fingerprint density at radius 3 is 2.57 bits per heavy atom. The van der Waals surface area contributed by atoms with Crippen LogP contribution in [0.5, 0.6) is 0 Å². The van der Waals surface area contributed by atoms with E-state index >= 15 is 0 Å². The second-order valence-corrected chi connectivity index (χ2v) is 6.12. The van der Waals surface area contributed by atoms with Crippen molar-refractivity contribution in [2.45, 2.75) is 0 Å². The average molecular weight is 372 g/mol. The number of rotatable bonds is 4. The van der Waals surface area contributed by atoms with E-state index in [2.05, 4.69) is 15.3 Å². The number of fused-ring (bicyclic) bond motifs is 3. The van der Waals surface area contributed by atoms with Crippen molar-refractivity contribution in [2.75, 3.05) is 7.11 Å². The van der Waals surface area contributed by atoms with E-state index in [0.29, 0.717) is 11.1 Å². The highest BCUT2D eigenvalue weighted by Crippen LogP contribution is 2.28. The minimum Gasteiger partial charge on any atom is -0.465 e. The zero-order valence-corrected chi connectivity index (χ0v) is 15.0. The van der Waals surface area contributed by atoms with E-state index < -0.39 is 11.9 Å². The van der Waals surface area contributed by atoms with Gasteiger partial charge in [0, 0.05) is 5.39 Å². The molecule has 0 atom stereocenters. The van der Waals surface area contributed by atoms with Crippen molar-refractivity contribution in [3.05, 3.63) is 83.6 Å². The Morgan fingerprint density at radius 2 is 1.79 bits per heavy atom. The first-order valence-electron chi connectivity index (χ1n) is 8.59. The molecule has 0 aliphatic heterocycles. The Kier molecular flexibility index (Phi) is 4.60. The highest BCUT2D eigenvalue weighted by molar-refractivity contribution is 6.08. The van der Waals surface area contributed by atoms with Crippen molar-refractivity contribution in [1.29, 1.82) is 0 Å². The number of ether oxygens (including phenoxy) is 1. The van der Waals surface area contributed by atoms with Crippen molar-refractivity contribution in [3.8, 4) is 0 Å². The van der Waals surface area contributed by atoms with Gasteiger partial charge in [0.05, 0.1) is 18.9 Å². The average Bonchev–Trinajstić information content (AvgIpc) is 3.19. The van der Waals surface area contributed by atoms with Gasteiger partial charge in [-0.25, -0.2) is 10.2 Å². The van der Waals surface area contributed by atoms with E-state index in [4.69, 9.17) is 4.42 Å². The first-order valence-corrected chi connectivity index (χ1v) is 8.59. The molecule has 6 nitrogen and oxygen atoms in total. The van der Waals surface area contributed by atoms with Gasteiger partial charge in [-0.2, -0.15) is 5.10 Å². The van der Waals surface area contributed by atoms with Crippen molar-refractivity contribution in [2.24, 2.45) is 5.10 Å². The van der Waals surface area contributed by atoms with Crippen LogP contribution in [0.4, 0.5) is 0 Å². The molecule has 3 aromatic carbocycles. The first kappa shape index (κ1) is 17.5. The Balaban J connectivity index is 1.50. The maximum atomic E-state index is 12.3. The Labute approximate surface area is 160 Å². The normalized spacial score (nSPS) is 11.2. The lowest BCUT2D eigenvalue weighted by Crippen LogP contribution is -2.16. The Bertz CT molecular complexity index is 1210. The Morgan fingerprint density at radius 1 is 1.00 bits per heavy atom. The number of hydrogen-bond acceptors (Lipinski definition) is 5. The van der Waals surface area contributed by atoms with Crippen molar-refractivity contribution < 1.29 is 18.7 Å². The van der Waals surface area contributed by atoms with Gasteiger partial charge in [-0.05, 0) is 40.6 Å². The SMILES string of the molecule is COC(=O)c1ccc(/C=N\NC(=O)c2cc3c(ccc4ccccc43)o2)cc1. The lowest BCUT2D eigenvalue weighted by atomic mass is 10.1. The van der Waals surface area contributed by atoms with Gasteiger partial charge in [-0.15, -0.1) is 0 Å². The van der Waals surface area contributed by atoms with Gasteiger partial charge in [0.2, 0.25) is 0 Å². The zero-order chi connectivity index (χ0) is 19.5. The number of esters is 1. The summed E-state index contributed by atoms with van der Waals surface area (Å²) in [5, 5.41) is 6.93. The van der Waals surface area contributed by atoms with Gasteiger partial charge in [0.15, 0.2) is 5.76 Å². The summed E-state index contributed by atoms with van der Waals surface area (Å²) in [4.78, 5) is 23.8. The lowest BCUT2D eigenvalue weighted by molar-refractivity contribution is 0.0600. The summed E-state index contributed by atoms with van der Waals surface area (Å²) in [6, 6.07) is 20.1. The van der Waals surface area contributed by atoms with Gasteiger partial charge in [-0.1, -0.05) is 42.5 Å². The second-order valence-electron chi connectivity index (χ2n) is 6.12. The molecular formula is C22H16N2O4. The van der Waals surface area contributed by atoms with Crippen molar-refractivity contribution >= 4 is 39.8 Å². The summed E-state index contributed by atoms with van der Waals surface area (Å²) in [5.74, 6) is -0.665. The van der Waals surface area contributed by atoms with Crippen LogP contribution in [0, 0.1) is 0 Å². The molecule has 0 fully saturated rings. The molecule has 0 aliphatic rings. The van der Waals surface area contributed by atoms with E-state index in [-0.39, 0.29) is 5.76 Å². The van der Waals surface area contributed by atoms with E-state index in [0.717, 1.165) is 21.7 Å². The molecule has 0 spiro atoms. The standard InChI is InChI=1S/C22H16N2O4/c1-27-22(26)16-8-6-14(7-9-16)13-23-24-21(25)20-12-18-17-5-3-2-4-15(17)10-11-19(18)28-20/h2-13H,1H3,(H,24,25)/b23-13-. The summed E-state index contributed by atoms with van der Waals surface area (Å²) >= 11 is 0. The van der Waals surface area contributed by atoms with Gasteiger partial charge in [-0.3, -0.25) is 4.79 Å². The number of nitrogens with one attached hydrogen (secondary N) is 1. The summed E-state index contributed by atoms with van der Waals surface area (Å²) in [7, 11) is 1.33. The number of nitrogens with zero attached hydrogens (tertiary/aromatic N) is 1. The molecule has 0 unspecified atom stereocenters. The van der Waals surface area contributed by atoms with Crippen LogP contribution < -0.4 is 5.43 Å². The fraction of sp³-hybridized carbons (Fsp3) is 0.0455. The van der Waals surface area contributed by atoms with E-state index in [1.54, 1.807) is 30.3 Å². The number of hydrazone groups is 1. The minimum absolute atomic E-state index is 0.185. The van der Waals surface area contributed by atoms with Gasteiger partial charge in [0.25, 0.3) is 0 Å². The van der Waals surface area contributed by atoms with Gasteiger partial charge < -0.3 is 9.15 Å².